The lowest BCUT2D eigenvalue weighted by Gasteiger charge is -2.06. The van der Waals surface area contributed by atoms with Gasteiger partial charge in [0, 0.05) is 46.3 Å². The predicted molar refractivity (Wildman–Crippen MR) is 210 cm³/mol. The smallest absolute Gasteiger partial charge is 0.258 e. The van der Waals surface area contributed by atoms with Crippen molar-refractivity contribution in [2.24, 2.45) is 0 Å². The summed E-state index contributed by atoms with van der Waals surface area (Å²) < 4.78 is 63.1. The van der Waals surface area contributed by atoms with E-state index < -0.39 is 25.0 Å². The highest BCUT2D eigenvalue weighted by Crippen LogP contribution is 2.32. The molecule has 0 bridgehead atoms. The summed E-state index contributed by atoms with van der Waals surface area (Å²) in [4.78, 5) is 19.0. The quantitative estimate of drug-likeness (QED) is 0.0839. The first kappa shape index (κ1) is 39.7. The van der Waals surface area contributed by atoms with Crippen molar-refractivity contribution in [2.45, 2.75) is 49.3 Å². The van der Waals surface area contributed by atoms with Crippen LogP contribution in [0, 0.1) is 10.1 Å². The van der Waals surface area contributed by atoms with Crippen LogP contribution in [0.3, 0.4) is 0 Å². The number of aryl methyl sites for hydroxylation is 2. The lowest BCUT2D eigenvalue weighted by molar-refractivity contribution is -0.384. The van der Waals surface area contributed by atoms with Gasteiger partial charge < -0.3 is 0 Å². The largest absolute Gasteiger partial charge is 0.270 e. The fourth-order valence-corrected chi connectivity index (χ4v) is 8.82. The predicted octanol–water partition coefficient (Wildman–Crippen LogP) is 9.13. The van der Waals surface area contributed by atoms with E-state index in [0.29, 0.717) is 16.4 Å². The molecule has 0 aliphatic heterocycles. The molecule has 0 saturated heterocycles. The number of hydrogen-bond donors (Lipinski definition) is 2. The van der Waals surface area contributed by atoms with Crippen LogP contribution in [0.5, 0.6) is 0 Å². The molecule has 4 aromatic carbocycles. The summed E-state index contributed by atoms with van der Waals surface area (Å²) >= 11 is 14.0. The van der Waals surface area contributed by atoms with E-state index in [0.717, 1.165) is 59.9 Å². The second-order valence-electron chi connectivity index (χ2n) is 11.2. The van der Waals surface area contributed by atoms with Gasteiger partial charge in [0.2, 0.25) is 10.3 Å². The molecule has 276 valence electrons. The number of rotatable bonds is 13. The van der Waals surface area contributed by atoms with Crippen molar-refractivity contribution in [3.8, 4) is 22.8 Å². The zero-order valence-electron chi connectivity index (χ0n) is 28.1. The molecule has 13 nitrogen and oxygen atoms in total. The fraction of sp³-hybridized carbons (Fsp3) is 0.176. The lowest BCUT2D eigenvalue weighted by Crippen LogP contribution is -2.12. The maximum atomic E-state index is 12.5. The highest BCUT2D eigenvalue weighted by atomic mass is 35.5. The third-order valence-corrected chi connectivity index (χ3v) is 12.2. The maximum absolute atomic E-state index is 12.5. The van der Waals surface area contributed by atoms with Crippen LogP contribution in [0.4, 0.5) is 16.0 Å². The van der Waals surface area contributed by atoms with E-state index in [1.807, 2.05) is 31.2 Å². The van der Waals surface area contributed by atoms with Crippen molar-refractivity contribution in [3.63, 3.8) is 0 Å². The number of hydrogen-bond acceptors (Lipinski definition) is 12. The van der Waals surface area contributed by atoms with Crippen LogP contribution in [0.1, 0.15) is 37.8 Å². The number of benzene rings is 4. The number of nitrogens with zero attached hydrogens (tertiary/aromatic N) is 5. The van der Waals surface area contributed by atoms with Gasteiger partial charge in [0.05, 0.1) is 24.8 Å². The van der Waals surface area contributed by atoms with Gasteiger partial charge in [-0.05, 0) is 66.4 Å². The van der Waals surface area contributed by atoms with Gasteiger partial charge in [-0.25, -0.2) is 16.8 Å². The summed E-state index contributed by atoms with van der Waals surface area (Å²) in [5, 5.41) is 11.9. The lowest BCUT2D eigenvalue weighted by atomic mass is 10.1. The number of anilines is 2. The van der Waals surface area contributed by atoms with Gasteiger partial charge in [-0.1, -0.05) is 86.3 Å². The van der Waals surface area contributed by atoms with Gasteiger partial charge in [0.25, 0.3) is 25.7 Å². The van der Waals surface area contributed by atoms with Crippen LogP contribution in [0.15, 0.2) is 101 Å². The molecule has 0 unspecified atom stereocenters. The Morgan fingerprint density at radius 1 is 0.660 bits per heavy atom. The number of nitro groups is 1. The molecule has 53 heavy (non-hydrogen) atoms. The Hall–Kier alpha value is -4.52. The van der Waals surface area contributed by atoms with E-state index in [9.17, 15) is 26.9 Å². The molecule has 0 aliphatic rings. The summed E-state index contributed by atoms with van der Waals surface area (Å²) in [6.07, 6.45) is 3.78. The molecule has 2 N–H and O–H groups in total. The fourth-order valence-electron chi connectivity index (χ4n) is 4.79. The Morgan fingerprint density at radius 2 is 1.11 bits per heavy atom. The summed E-state index contributed by atoms with van der Waals surface area (Å²) in [5.74, 6) is 0.501. The molecule has 6 rings (SSSR count). The Balaban J connectivity index is 0.000000206. The number of sulfonamides is 2. The zero-order valence-corrected chi connectivity index (χ0v) is 32.8. The van der Waals surface area contributed by atoms with Gasteiger partial charge >= 0.3 is 0 Å². The van der Waals surface area contributed by atoms with E-state index in [1.54, 1.807) is 36.4 Å². The molecule has 2 aromatic heterocycles. The van der Waals surface area contributed by atoms with Crippen molar-refractivity contribution in [3.05, 3.63) is 122 Å². The van der Waals surface area contributed by atoms with Crippen LogP contribution in [0.25, 0.3) is 22.8 Å². The molecule has 0 radical (unpaired) electrons. The molecular weight excluding hydrogens is 802 g/mol. The minimum absolute atomic E-state index is 0.0372. The first-order chi connectivity index (χ1) is 25.3. The number of nitrogens with one attached hydrogen (secondary N) is 2. The third kappa shape index (κ3) is 10.3. The van der Waals surface area contributed by atoms with Crippen molar-refractivity contribution in [2.75, 3.05) is 9.44 Å². The van der Waals surface area contributed by atoms with E-state index in [1.165, 1.54) is 30.3 Å². The van der Waals surface area contributed by atoms with E-state index in [-0.39, 0.29) is 42.2 Å². The maximum Gasteiger partial charge on any atom is 0.270 e. The Bertz CT molecular complexity index is 2420. The minimum Gasteiger partial charge on any atom is -0.258 e. The standard InChI is InChI=1S/C17H15ClN4O4S2.C17H16ClN3O2S2/c1-2-3-11-4-7-13(8-5-11)28(25,26)21-17-19-16(20-27-17)14-10-12(22(23)24)6-9-15(14)18;1-2-5-12-8-10-13(11-9-12)25(22,23)21-17-19-16(20-24-17)14-6-3-4-7-15(14)18/h4-10H,2-3H2,1H3,(H,19,20,21);3-4,6-11H,2,5H2,1H3,(H,19,20,21). The molecule has 0 fully saturated rings. The summed E-state index contributed by atoms with van der Waals surface area (Å²) in [6, 6.07) is 24.5. The van der Waals surface area contributed by atoms with Gasteiger partial charge in [-0.3, -0.25) is 19.6 Å². The molecule has 19 heteroatoms. The average molecular weight is 833 g/mol. The van der Waals surface area contributed by atoms with Gasteiger partial charge in [0.1, 0.15) is 0 Å². The first-order valence-electron chi connectivity index (χ1n) is 15.9. The molecule has 0 aliphatic carbocycles. The molecule has 0 saturated carbocycles. The Kier molecular flexibility index (Phi) is 13.1. The van der Waals surface area contributed by atoms with Crippen LogP contribution < -0.4 is 9.44 Å². The average Bonchev–Trinajstić information content (AvgIpc) is 3.79. The van der Waals surface area contributed by atoms with E-state index in [2.05, 4.69) is 35.1 Å². The molecular formula is C34H31Cl2N7O6S4. The van der Waals surface area contributed by atoms with Crippen LogP contribution in [-0.2, 0) is 32.9 Å². The van der Waals surface area contributed by atoms with Crippen molar-refractivity contribution >= 4 is 82.3 Å². The van der Waals surface area contributed by atoms with Crippen molar-refractivity contribution in [1.82, 2.24) is 18.7 Å². The van der Waals surface area contributed by atoms with Gasteiger partial charge in [-0.2, -0.15) is 18.7 Å². The highest BCUT2D eigenvalue weighted by Gasteiger charge is 2.20. The number of non-ortho nitro benzene ring substituents is 1. The Labute approximate surface area is 324 Å². The topological polar surface area (TPSA) is 187 Å². The second-order valence-corrected chi connectivity index (χ2v) is 16.9. The summed E-state index contributed by atoms with van der Waals surface area (Å²) in [6.45, 7) is 4.13. The third-order valence-electron chi connectivity index (χ3n) is 7.36. The van der Waals surface area contributed by atoms with Crippen LogP contribution in [-0.4, -0.2) is 40.5 Å². The number of nitro benzene ring substituents is 1. The van der Waals surface area contributed by atoms with Gasteiger partial charge in [-0.15, -0.1) is 0 Å². The molecule has 0 spiro atoms. The Morgan fingerprint density at radius 3 is 1.57 bits per heavy atom. The zero-order chi connectivity index (χ0) is 38.2. The summed E-state index contributed by atoms with van der Waals surface area (Å²) in [5.41, 5.74) is 2.91. The van der Waals surface area contributed by atoms with E-state index >= 15 is 0 Å². The number of aromatic nitrogens is 4. The van der Waals surface area contributed by atoms with Crippen molar-refractivity contribution in [1.29, 1.82) is 0 Å². The molecule has 6 aromatic rings. The minimum atomic E-state index is -3.83. The molecule has 0 atom stereocenters. The highest BCUT2D eigenvalue weighted by molar-refractivity contribution is 7.93. The van der Waals surface area contributed by atoms with Crippen LogP contribution in [0.2, 0.25) is 10.0 Å². The second kappa shape index (κ2) is 17.5. The van der Waals surface area contributed by atoms with Crippen LogP contribution >= 0.6 is 46.3 Å². The first-order valence-corrected chi connectivity index (χ1v) is 21.2. The number of halogens is 2. The molecule has 2 heterocycles. The SMILES string of the molecule is CCCc1ccc(S(=O)(=O)Nc2nc(-c3cc([N+](=O)[O-])ccc3Cl)ns2)cc1.CCCc1ccc(S(=O)(=O)Nc2nc(-c3ccccc3Cl)ns2)cc1. The normalized spacial score (nSPS) is 11.4. The molecule has 0 amide bonds. The van der Waals surface area contributed by atoms with Crippen molar-refractivity contribution < 1.29 is 21.8 Å². The van der Waals surface area contributed by atoms with Gasteiger partial charge in [0.15, 0.2) is 11.6 Å². The summed E-state index contributed by atoms with van der Waals surface area (Å²) in [7, 11) is -7.53. The van der Waals surface area contributed by atoms with E-state index in [4.69, 9.17) is 23.2 Å². The monoisotopic (exact) mass is 831 g/mol.